The average Bonchev–Trinajstić information content (AvgIpc) is 3.31. The lowest BCUT2D eigenvalue weighted by Crippen LogP contribution is -2.41. The first-order valence-electron chi connectivity index (χ1n) is 11.2. The van der Waals surface area contributed by atoms with E-state index in [0.29, 0.717) is 21.7 Å². The topological polar surface area (TPSA) is 98.5 Å². The van der Waals surface area contributed by atoms with E-state index in [9.17, 15) is 23.6 Å². The number of hydrogen-bond acceptors (Lipinski definition) is 5. The van der Waals surface area contributed by atoms with Gasteiger partial charge in [-0.25, -0.2) is 18.6 Å². The van der Waals surface area contributed by atoms with Crippen LogP contribution in [0.25, 0.3) is 22.0 Å². The van der Waals surface area contributed by atoms with Gasteiger partial charge in [0.05, 0.1) is 45.7 Å². The summed E-state index contributed by atoms with van der Waals surface area (Å²) in [6.45, 7) is -0.547. The summed E-state index contributed by atoms with van der Waals surface area (Å²) >= 11 is 18.9. The third kappa shape index (κ3) is 4.92. The number of aromatic nitrogens is 5. The van der Waals surface area contributed by atoms with Crippen molar-refractivity contribution in [3.63, 3.8) is 0 Å². The van der Waals surface area contributed by atoms with Crippen molar-refractivity contribution in [1.82, 2.24) is 23.9 Å². The molecule has 0 aliphatic heterocycles. The molecule has 0 aliphatic carbocycles. The van der Waals surface area contributed by atoms with Gasteiger partial charge >= 0.3 is 5.69 Å². The maximum atomic E-state index is 14.2. The average molecular weight is 588 g/mol. The van der Waals surface area contributed by atoms with Gasteiger partial charge in [0.2, 0.25) is 0 Å². The molecule has 13 heteroatoms. The van der Waals surface area contributed by atoms with Crippen molar-refractivity contribution in [2.24, 2.45) is 7.05 Å². The molecule has 0 saturated heterocycles. The number of fused-ring (bicyclic) bond motifs is 1. The lowest BCUT2D eigenvalue weighted by Gasteiger charge is -2.16. The molecule has 0 radical (unpaired) electrons. The third-order valence-electron chi connectivity index (χ3n) is 6.02. The van der Waals surface area contributed by atoms with Crippen molar-refractivity contribution < 1.29 is 8.78 Å². The Labute approximate surface area is 233 Å². The van der Waals surface area contributed by atoms with E-state index in [4.69, 9.17) is 34.8 Å². The summed E-state index contributed by atoms with van der Waals surface area (Å²) in [7, 11) is 1.63. The summed E-state index contributed by atoms with van der Waals surface area (Å²) < 4.78 is 31.5. The Balaban J connectivity index is 1.81. The molecule has 196 valence electrons. The molecule has 0 unspecified atom stereocenters. The van der Waals surface area contributed by atoms with Gasteiger partial charge < -0.3 is 0 Å². The number of halogens is 5. The van der Waals surface area contributed by atoms with Crippen LogP contribution in [0.4, 0.5) is 8.78 Å². The van der Waals surface area contributed by atoms with Gasteiger partial charge in [-0.05, 0) is 53.6 Å². The van der Waals surface area contributed by atoms with Gasteiger partial charge in [0.1, 0.15) is 6.33 Å². The summed E-state index contributed by atoms with van der Waals surface area (Å²) in [5, 5.41) is 13.3. The lowest BCUT2D eigenvalue weighted by molar-refractivity contribution is 0.506. The van der Waals surface area contributed by atoms with Crippen molar-refractivity contribution >= 4 is 45.7 Å². The smallest absolute Gasteiger partial charge is 0.289 e. The van der Waals surface area contributed by atoms with Gasteiger partial charge in [0.15, 0.2) is 17.5 Å². The summed E-state index contributed by atoms with van der Waals surface area (Å²) in [5.74, 6) is -2.22. The van der Waals surface area contributed by atoms with E-state index < -0.39 is 27.9 Å². The molecule has 0 amide bonds. The fourth-order valence-corrected chi connectivity index (χ4v) is 4.98. The molecule has 0 aliphatic rings. The second-order valence-electron chi connectivity index (χ2n) is 8.63. The molecule has 0 fully saturated rings. The largest absolute Gasteiger partial charge is 0.332 e. The van der Waals surface area contributed by atoms with Crippen LogP contribution in [0.3, 0.4) is 0 Å². The predicted molar refractivity (Wildman–Crippen MR) is 143 cm³/mol. The number of rotatable bonds is 5. The minimum atomic E-state index is -1.22. The van der Waals surface area contributed by atoms with E-state index in [-0.39, 0.29) is 40.4 Å². The van der Waals surface area contributed by atoms with Crippen molar-refractivity contribution in [2.75, 3.05) is 0 Å². The quantitative estimate of drug-likeness (QED) is 0.265. The van der Waals surface area contributed by atoms with Gasteiger partial charge in [-0.1, -0.05) is 34.8 Å². The zero-order valence-corrected chi connectivity index (χ0v) is 22.2. The van der Waals surface area contributed by atoms with Gasteiger partial charge in [-0.3, -0.25) is 18.6 Å². The summed E-state index contributed by atoms with van der Waals surface area (Å²) in [6.07, 6.45) is 1.42. The molecule has 0 N–H and O–H groups in total. The molecule has 8 nitrogen and oxygen atoms in total. The van der Waals surface area contributed by atoms with Crippen LogP contribution in [0.1, 0.15) is 17.0 Å². The lowest BCUT2D eigenvalue weighted by atomic mass is 10.0. The Hall–Kier alpha value is -4.04. The molecule has 5 rings (SSSR count). The van der Waals surface area contributed by atoms with E-state index in [2.05, 4.69) is 10.1 Å². The van der Waals surface area contributed by atoms with E-state index in [1.165, 1.54) is 33.8 Å². The van der Waals surface area contributed by atoms with E-state index in [0.717, 1.165) is 10.6 Å². The monoisotopic (exact) mass is 586 g/mol. The molecule has 0 bridgehead atoms. The first kappa shape index (κ1) is 26.6. The Kier molecular flexibility index (Phi) is 6.99. The van der Waals surface area contributed by atoms with Crippen molar-refractivity contribution in [3.05, 3.63) is 113 Å². The molecule has 0 spiro atoms. The van der Waals surface area contributed by atoms with Gasteiger partial charge in [0.25, 0.3) is 5.56 Å². The Morgan fingerprint density at radius 1 is 0.949 bits per heavy atom. The van der Waals surface area contributed by atoms with Crippen molar-refractivity contribution in [2.45, 2.75) is 13.1 Å². The minimum absolute atomic E-state index is 0.00260. The predicted octanol–water partition coefficient (Wildman–Crippen LogP) is 5.17. The molecule has 2 aromatic heterocycles. The molecule has 5 aromatic rings. The maximum Gasteiger partial charge on any atom is 0.332 e. The van der Waals surface area contributed by atoms with Gasteiger partial charge in [-0.15, -0.1) is 0 Å². The highest BCUT2D eigenvalue weighted by molar-refractivity contribution is 6.36. The SMILES string of the molecule is Cn1cnc(Cn2c(=O)c3c(Cl)cc(-c4cc(C#N)ccc4Cl)cc3n(Cc3cc(F)c(F)c(Cl)c3)c2=O)n1. The summed E-state index contributed by atoms with van der Waals surface area (Å²) in [4.78, 5) is 31.4. The third-order valence-corrected chi connectivity index (χ3v) is 6.92. The molecule has 0 saturated carbocycles. The zero-order chi connectivity index (χ0) is 28.0. The number of benzene rings is 3. The minimum Gasteiger partial charge on any atom is -0.289 e. The molecule has 39 heavy (non-hydrogen) atoms. The second kappa shape index (κ2) is 10.3. The van der Waals surface area contributed by atoms with Crippen LogP contribution in [-0.4, -0.2) is 23.9 Å². The highest BCUT2D eigenvalue weighted by Gasteiger charge is 2.20. The summed E-state index contributed by atoms with van der Waals surface area (Å²) in [6, 6.07) is 11.8. The van der Waals surface area contributed by atoms with Crippen LogP contribution in [0.5, 0.6) is 0 Å². The van der Waals surface area contributed by atoms with Crippen LogP contribution >= 0.6 is 34.8 Å². The number of hydrogen-bond donors (Lipinski definition) is 0. The van der Waals surface area contributed by atoms with Crippen molar-refractivity contribution in [3.8, 4) is 17.2 Å². The highest BCUT2D eigenvalue weighted by Crippen LogP contribution is 2.34. The highest BCUT2D eigenvalue weighted by atomic mass is 35.5. The zero-order valence-electron chi connectivity index (χ0n) is 19.9. The van der Waals surface area contributed by atoms with Crippen LogP contribution in [0.15, 0.2) is 58.4 Å². The molecular formula is C26H15Cl3F2N6O2. The number of nitriles is 1. The summed E-state index contributed by atoms with van der Waals surface area (Å²) in [5.41, 5.74) is -0.00330. The Morgan fingerprint density at radius 2 is 1.72 bits per heavy atom. The van der Waals surface area contributed by atoms with E-state index >= 15 is 0 Å². The van der Waals surface area contributed by atoms with Crippen molar-refractivity contribution in [1.29, 1.82) is 5.26 Å². The van der Waals surface area contributed by atoms with Gasteiger partial charge in [0, 0.05) is 17.6 Å². The van der Waals surface area contributed by atoms with E-state index in [1.54, 1.807) is 25.2 Å². The Morgan fingerprint density at radius 3 is 2.38 bits per heavy atom. The fourth-order valence-electron chi connectivity index (χ4n) is 4.23. The number of aryl methyl sites for hydroxylation is 1. The molecule has 3 aromatic carbocycles. The van der Waals surface area contributed by atoms with Crippen LogP contribution in [-0.2, 0) is 20.1 Å². The van der Waals surface area contributed by atoms with E-state index in [1.807, 2.05) is 6.07 Å². The normalized spacial score (nSPS) is 11.2. The number of nitrogens with zero attached hydrogens (tertiary/aromatic N) is 6. The second-order valence-corrected chi connectivity index (χ2v) is 9.85. The first-order valence-corrected chi connectivity index (χ1v) is 12.4. The molecule has 0 atom stereocenters. The van der Waals surface area contributed by atoms with Gasteiger partial charge in [-0.2, -0.15) is 10.4 Å². The fraction of sp³-hybridized carbons (Fsp3) is 0.115. The Bertz CT molecular complexity index is 1940. The standard InChI is InChI=1S/C26H15Cl3F2N6O2/c1-35-12-33-22(34-35)11-37-25(38)23-18(28)7-15(16-4-13(9-32)2-3-17(16)27)8-21(23)36(26(37)39)10-14-5-19(29)24(31)20(30)6-14/h2-8,12H,10-11H2,1H3. The first-order chi connectivity index (χ1) is 18.6. The van der Waals surface area contributed by atoms with Crippen LogP contribution in [0.2, 0.25) is 15.1 Å². The molecule has 2 heterocycles. The molecular weight excluding hydrogens is 573 g/mol. The maximum absolute atomic E-state index is 14.2. The van der Waals surface area contributed by atoms with Crippen LogP contribution < -0.4 is 11.2 Å². The van der Waals surface area contributed by atoms with Crippen LogP contribution in [0, 0.1) is 23.0 Å².